The lowest BCUT2D eigenvalue weighted by atomic mass is 9.71. The van der Waals surface area contributed by atoms with Crippen molar-refractivity contribution in [3.8, 4) is 11.8 Å². The number of nitrogens with zero attached hydrogens (tertiary/aromatic N) is 2. The van der Waals surface area contributed by atoms with E-state index in [1.807, 2.05) is 6.07 Å². The molecule has 3 amide bonds. The first kappa shape index (κ1) is 24.0. The highest BCUT2D eigenvalue weighted by Crippen LogP contribution is 2.49. The molecule has 36 heavy (non-hydrogen) atoms. The molecule has 2 bridgehead atoms. The zero-order valence-corrected chi connectivity index (χ0v) is 19.7. The standard InChI is InChI=1S/C25H27F2N5O4/c1-36-20-4-2-3-18-16(20)10-19(31-18)24(35)32-15-5-6-17(25(26,27)11-15)21(32)23(34)30-14(12-28)9-13-7-8-29-22(13)33/h2-4,10,13-15,17,21,31H,5-9,11H2,1H3,(H,29,33)(H,30,34)/t13-,14-,15-,17-,21+/m0/s1. The quantitative estimate of drug-likeness (QED) is 0.562. The fraction of sp³-hybridized carbons (Fsp3) is 0.520. The lowest BCUT2D eigenvalue weighted by Crippen LogP contribution is -2.68. The normalized spacial score (nSPS) is 27.4. The number of benzene rings is 1. The van der Waals surface area contributed by atoms with Crippen LogP contribution in [-0.2, 0) is 9.59 Å². The van der Waals surface area contributed by atoms with E-state index in [1.54, 1.807) is 24.3 Å². The van der Waals surface area contributed by atoms with Gasteiger partial charge in [-0.15, -0.1) is 0 Å². The summed E-state index contributed by atoms with van der Waals surface area (Å²) in [6, 6.07) is 5.57. The van der Waals surface area contributed by atoms with Gasteiger partial charge in [-0.1, -0.05) is 6.07 Å². The van der Waals surface area contributed by atoms with E-state index >= 15 is 0 Å². The highest BCUT2D eigenvalue weighted by molar-refractivity contribution is 6.02. The molecular weight excluding hydrogens is 472 g/mol. The molecule has 9 nitrogen and oxygen atoms in total. The summed E-state index contributed by atoms with van der Waals surface area (Å²) in [5, 5.41) is 15.5. The fourth-order valence-electron chi connectivity index (χ4n) is 5.91. The Hall–Kier alpha value is -3.68. The maximum Gasteiger partial charge on any atom is 0.271 e. The molecule has 0 unspecified atom stereocenters. The third-order valence-electron chi connectivity index (χ3n) is 7.67. The molecule has 4 fully saturated rings. The lowest BCUT2D eigenvalue weighted by molar-refractivity contribution is -0.179. The van der Waals surface area contributed by atoms with Crippen molar-refractivity contribution < 1.29 is 27.9 Å². The molecule has 5 atom stereocenters. The third kappa shape index (κ3) is 4.04. The van der Waals surface area contributed by atoms with E-state index < -0.39 is 54.1 Å². The number of ether oxygens (including phenoxy) is 1. The summed E-state index contributed by atoms with van der Waals surface area (Å²) in [5.41, 5.74) is 0.813. The van der Waals surface area contributed by atoms with Gasteiger partial charge < -0.3 is 25.3 Å². The van der Waals surface area contributed by atoms with E-state index in [2.05, 4.69) is 15.6 Å². The van der Waals surface area contributed by atoms with Crippen molar-refractivity contribution in [2.45, 2.75) is 56.2 Å². The molecule has 6 rings (SSSR count). The van der Waals surface area contributed by atoms with Crippen LogP contribution in [0.4, 0.5) is 8.78 Å². The molecule has 11 heteroatoms. The van der Waals surface area contributed by atoms with Gasteiger partial charge in [0.05, 0.1) is 19.1 Å². The molecular formula is C25H27F2N5O4. The lowest BCUT2D eigenvalue weighted by Gasteiger charge is -2.53. The summed E-state index contributed by atoms with van der Waals surface area (Å²) >= 11 is 0. The first-order valence-corrected chi connectivity index (χ1v) is 12.1. The molecule has 3 saturated heterocycles. The van der Waals surface area contributed by atoms with Crippen LogP contribution in [0.2, 0.25) is 0 Å². The van der Waals surface area contributed by atoms with Crippen LogP contribution in [0.1, 0.15) is 42.6 Å². The number of aromatic amines is 1. The van der Waals surface area contributed by atoms with Gasteiger partial charge in [-0.2, -0.15) is 5.26 Å². The van der Waals surface area contributed by atoms with Crippen molar-refractivity contribution in [3.05, 3.63) is 30.0 Å². The van der Waals surface area contributed by atoms with Crippen molar-refractivity contribution in [2.24, 2.45) is 11.8 Å². The van der Waals surface area contributed by atoms with Crippen LogP contribution in [0.5, 0.6) is 5.75 Å². The van der Waals surface area contributed by atoms with Gasteiger partial charge in [0.15, 0.2) is 0 Å². The summed E-state index contributed by atoms with van der Waals surface area (Å²) in [7, 11) is 1.51. The van der Waals surface area contributed by atoms with E-state index in [1.165, 1.54) is 12.0 Å². The minimum absolute atomic E-state index is 0.0844. The van der Waals surface area contributed by atoms with E-state index in [4.69, 9.17) is 4.74 Å². The topological polar surface area (TPSA) is 127 Å². The zero-order valence-electron chi connectivity index (χ0n) is 19.7. The summed E-state index contributed by atoms with van der Waals surface area (Å²) in [6.45, 7) is 0.492. The second-order valence-electron chi connectivity index (χ2n) is 9.77. The van der Waals surface area contributed by atoms with Gasteiger partial charge in [-0.25, -0.2) is 8.78 Å². The van der Waals surface area contributed by atoms with E-state index in [-0.39, 0.29) is 24.4 Å². The number of hydrogen-bond acceptors (Lipinski definition) is 5. The predicted molar refractivity (Wildman–Crippen MR) is 124 cm³/mol. The van der Waals surface area contributed by atoms with Crippen LogP contribution >= 0.6 is 0 Å². The maximum atomic E-state index is 15.0. The second-order valence-corrected chi connectivity index (χ2v) is 9.77. The van der Waals surface area contributed by atoms with Gasteiger partial charge in [0.1, 0.15) is 23.5 Å². The third-order valence-corrected chi connectivity index (χ3v) is 7.67. The smallest absolute Gasteiger partial charge is 0.271 e. The largest absolute Gasteiger partial charge is 0.496 e. The van der Waals surface area contributed by atoms with Gasteiger partial charge in [0.2, 0.25) is 11.8 Å². The van der Waals surface area contributed by atoms with Crippen molar-refractivity contribution in [3.63, 3.8) is 0 Å². The predicted octanol–water partition coefficient (Wildman–Crippen LogP) is 2.34. The summed E-state index contributed by atoms with van der Waals surface area (Å²) in [4.78, 5) is 43.3. The molecule has 1 aliphatic carbocycles. The van der Waals surface area contributed by atoms with Crippen LogP contribution in [0.25, 0.3) is 10.9 Å². The Morgan fingerprint density at radius 1 is 1.33 bits per heavy atom. The minimum Gasteiger partial charge on any atom is -0.496 e. The molecule has 1 saturated carbocycles. The van der Waals surface area contributed by atoms with Gasteiger partial charge in [0, 0.05) is 35.8 Å². The second kappa shape index (κ2) is 9.08. The average molecular weight is 500 g/mol. The molecule has 190 valence electrons. The van der Waals surface area contributed by atoms with Crippen molar-refractivity contribution >= 4 is 28.6 Å². The van der Waals surface area contributed by atoms with Gasteiger partial charge >= 0.3 is 0 Å². The molecule has 1 aromatic heterocycles. The minimum atomic E-state index is -3.11. The molecule has 0 radical (unpaired) electrons. The number of nitrogens with one attached hydrogen (secondary N) is 3. The average Bonchev–Trinajstić information content (AvgIpc) is 3.48. The number of rotatable bonds is 6. The van der Waals surface area contributed by atoms with Crippen LogP contribution in [-0.4, -0.2) is 65.3 Å². The van der Waals surface area contributed by atoms with E-state index in [0.717, 1.165) is 0 Å². The fourth-order valence-corrected chi connectivity index (χ4v) is 5.91. The van der Waals surface area contributed by atoms with Gasteiger partial charge in [-0.3, -0.25) is 14.4 Å². The molecule has 3 aliphatic heterocycles. The summed E-state index contributed by atoms with van der Waals surface area (Å²) < 4.78 is 35.3. The number of carbonyl (C=O) groups is 3. The van der Waals surface area contributed by atoms with E-state index in [9.17, 15) is 28.4 Å². The first-order chi connectivity index (χ1) is 17.2. The van der Waals surface area contributed by atoms with Gasteiger partial charge in [0.25, 0.3) is 11.8 Å². The van der Waals surface area contributed by atoms with Crippen molar-refractivity contribution in [2.75, 3.05) is 13.7 Å². The van der Waals surface area contributed by atoms with Crippen molar-refractivity contribution in [1.82, 2.24) is 20.5 Å². The SMILES string of the molecule is COc1cccc2[nH]c(C(=O)N3[C@H]4CC[C@@H]([C@@H]3C(=O)N[C@H](C#N)C[C@@H]3CCNC3=O)C(F)(F)C4)cc12. The number of aromatic nitrogens is 1. The molecule has 4 heterocycles. The Kier molecular flexibility index (Phi) is 6.06. The number of fused-ring (bicyclic) bond motifs is 4. The number of alkyl halides is 2. The van der Waals surface area contributed by atoms with Crippen LogP contribution < -0.4 is 15.4 Å². The molecule has 0 spiro atoms. The Bertz CT molecular complexity index is 1250. The molecule has 3 N–H and O–H groups in total. The number of carbonyl (C=O) groups excluding carboxylic acids is 3. The highest BCUT2D eigenvalue weighted by atomic mass is 19.3. The molecule has 4 aliphatic rings. The molecule has 2 aromatic rings. The number of halogens is 2. The van der Waals surface area contributed by atoms with Crippen LogP contribution in [0.3, 0.4) is 0 Å². The number of methoxy groups -OCH3 is 1. The summed E-state index contributed by atoms with van der Waals surface area (Å²) in [6.07, 6.45) is 0.570. The zero-order chi connectivity index (χ0) is 25.6. The highest BCUT2D eigenvalue weighted by Gasteiger charge is 2.60. The number of amides is 3. The number of nitriles is 1. The Labute approximate surface area is 206 Å². The van der Waals surface area contributed by atoms with Crippen LogP contribution in [0.15, 0.2) is 24.3 Å². The Morgan fingerprint density at radius 3 is 2.81 bits per heavy atom. The Morgan fingerprint density at radius 2 is 2.14 bits per heavy atom. The monoisotopic (exact) mass is 499 g/mol. The number of hydrogen-bond donors (Lipinski definition) is 3. The van der Waals surface area contributed by atoms with Crippen molar-refractivity contribution in [1.29, 1.82) is 5.26 Å². The van der Waals surface area contributed by atoms with Crippen LogP contribution in [0, 0.1) is 23.2 Å². The van der Waals surface area contributed by atoms with E-state index in [0.29, 0.717) is 36.0 Å². The van der Waals surface area contributed by atoms with Gasteiger partial charge in [-0.05, 0) is 43.9 Å². The maximum absolute atomic E-state index is 15.0. The first-order valence-electron chi connectivity index (χ1n) is 12.1. The molecule has 1 aromatic carbocycles. The number of piperidine rings is 2. The Balaban J connectivity index is 1.43. The number of H-pyrrole nitrogens is 1. The summed E-state index contributed by atoms with van der Waals surface area (Å²) in [5.74, 6) is -5.90.